The molecule has 1 aromatic heterocycles. The van der Waals surface area contributed by atoms with E-state index in [1.54, 1.807) is 0 Å². The Bertz CT molecular complexity index is 746. The molecule has 2 aromatic carbocycles. The smallest absolute Gasteiger partial charge is 0.110 e. The Morgan fingerprint density at radius 3 is 2.52 bits per heavy atom. The van der Waals surface area contributed by atoms with E-state index >= 15 is 0 Å². The fourth-order valence-corrected chi connectivity index (χ4v) is 2.89. The number of hydrogen-bond acceptors (Lipinski definition) is 2. The first-order valence-electron chi connectivity index (χ1n) is 7.16. The van der Waals surface area contributed by atoms with Crippen LogP contribution in [0.1, 0.15) is 24.4 Å². The second-order valence-corrected chi connectivity index (χ2v) is 5.48. The Balaban J connectivity index is 2.18. The van der Waals surface area contributed by atoms with Gasteiger partial charge in [-0.2, -0.15) is 0 Å². The number of nitrogens with zero attached hydrogens (tertiary/aromatic N) is 2. The molecule has 0 saturated carbocycles. The van der Waals surface area contributed by atoms with Gasteiger partial charge in [0.25, 0.3) is 0 Å². The lowest BCUT2D eigenvalue weighted by Gasteiger charge is -2.20. The van der Waals surface area contributed by atoms with Crippen LogP contribution in [-0.2, 0) is 6.42 Å². The number of hydrogen-bond donors (Lipinski definition) is 1. The van der Waals surface area contributed by atoms with E-state index in [-0.39, 0.29) is 6.04 Å². The number of rotatable bonds is 4. The topological polar surface area (TPSA) is 43.8 Å². The second-order valence-electron chi connectivity index (χ2n) is 5.04. The summed E-state index contributed by atoms with van der Waals surface area (Å²) >= 11 is 5.99. The number of benzene rings is 2. The van der Waals surface area contributed by atoms with Gasteiger partial charge in [-0.3, -0.25) is 0 Å². The molecule has 21 heavy (non-hydrogen) atoms. The summed E-state index contributed by atoms with van der Waals surface area (Å²) in [6.07, 6.45) is 0.874. The van der Waals surface area contributed by atoms with Gasteiger partial charge in [-0.1, -0.05) is 42.8 Å². The molecule has 0 aliphatic heterocycles. The number of halogens is 1. The number of nitrogens with two attached hydrogens (primary N) is 1. The molecular weight excluding hydrogens is 282 g/mol. The largest absolute Gasteiger partial charge is 0.328 e. The number of aromatic nitrogens is 2. The molecule has 0 aliphatic carbocycles. The van der Waals surface area contributed by atoms with Crippen LogP contribution in [0.4, 0.5) is 0 Å². The van der Waals surface area contributed by atoms with E-state index in [9.17, 15) is 0 Å². The summed E-state index contributed by atoms with van der Waals surface area (Å²) in [5.41, 5.74) is 9.36. The van der Waals surface area contributed by atoms with Crippen molar-refractivity contribution in [1.29, 1.82) is 0 Å². The highest BCUT2D eigenvalue weighted by atomic mass is 35.5. The van der Waals surface area contributed by atoms with Crippen molar-refractivity contribution in [3.8, 4) is 0 Å². The fraction of sp³-hybridized carbons (Fsp3) is 0.235. The molecule has 0 aliphatic rings. The van der Waals surface area contributed by atoms with Gasteiger partial charge in [-0.05, 0) is 29.8 Å². The van der Waals surface area contributed by atoms with Crippen molar-refractivity contribution in [3.63, 3.8) is 0 Å². The van der Waals surface area contributed by atoms with E-state index in [0.29, 0.717) is 6.54 Å². The van der Waals surface area contributed by atoms with Gasteiger partial charge in [0.05, 0.1) is 17.1 Å². The second kappa shape index (κ2) is 5.88. The molecule has 3 aromatic rings. The fourth-order valence-electron chi connectivity index (χ4n) is 2.77. The van der Waals surface area contributed by atoms with Gasteiger partial charge in [-0.25, -0.2) is 4.98 Å². The molecule has 0 saturated heterocycles. The van der Waals surface area contributed by atoms with E-state index in [1.165, 1.54) is 0 Å². The van der Waals surface area contributed by atoms with E-state index in [1.807, 2.05) is 42.5 Å². The standard InChI is InChI=1S/C17H18ClN3/c1-2-17-20-14-5-3-4-6-15(14)21(17)16(11-19)12-7-9-13(18)10-8-12/h3-10,16H,2,11,19H2,1H3. The third-order valence-electron chi connectivity index (χ3n) is 3.77. The monoisotopic (exact) mass is 299 g/mol. The zero-order chi connectivity index (χ0) is 14.8. The van der Waals surface area contributed by atoms with Gasteiger partial charge in [-0.15, -0.1) is 0 Å². The van der Waals surface area contributed by atoms with Gasteiger partial charge in [0.15, 0.2) is 0 Å². The van der Waals surface area contributed by atoms with E-state index in [0.717, 1.165) is 33.9 Å². The Labute approximate surface area is 129 Å². The van der Waals surface area contributed by atoms with E-state index < -0.39 is 0 Å². The molecule has 3 rings (SSSR count). The van der Waals surface area contributed by atoms with Crippen molar-refractivity contribution < 1.29 is 0 Å². The van der Waals surface area contributed by atoms with Crippen LogP contribution in [0.25, 0.3) is 11.0 Å². The number of imidazole rings is 1. The average molecular weight is 300 g/mol. The lowest BCUT2D eigenvalue weighted by atomic mass is 10.1. The Kier molecular flexibility index (Phi) is 3.95. The normalized spacial score (nSPS) is 12.7. The van der Waals surface area contributed by atoms with Crippen LogP contribution < -0.4 is 5.73 Å². The number of fused-ring (bicyclic) bond motifs is 1. The molecule has 0 radical (unpaired) electrons. The van der Waals surface area contributed by atoms with E-state index in [4.69, 9.17) is 22.3 Å². The Morgan fingerprint density at radius 2 is 1.86 bits per heavy atom. The highest BCUT2D eigenvalue weighted by Crippen LogP contribution is 2.26. The van der Waals surface area contributed by atoms with Crippen molar-refractivity contribution >= 4 is 22.6 Å². The van der Waals surface area contributed by atoms with Gasteiger partial charge in [0.2, 0.25) is 0 Å². The van der Waals surface area contributed by atoms with Gasteiger partial charge in [0.1, 0.15) is 5.82 Å². The summed E-state index contributed by atoms with van der Waals surface area (Å²) in [4.78, 5) is 4.72. The maximum Gasteiger partial charge on any atom is 0.110 e. The molecule has 1 atom stereocenters. The lowest BCUT2D eigenvalue weighted by molar-refractivity contribution is 0.584. The van der Waals surface area contributed by atoms with E-state index in [2.05, 4.69) is 17.6 Å². The van der Waals surface area contributed by atoms with Crippen LogP contribution in [0.3, 0.4) is 0 Å². The van der Waals surface area contributed by atoms with Crippen LogP contribution in [-0.4, -0.2) is 16.1 Å². The molecular formula is C17H18ClN3. The zero-order valence-electron chi connectivity index (χ0n) is 12.0. The maximum absolute atomic E-state index is 6.07. The maximum atomic E-state index is 6.07. The van der Waals surface area contributed by atoms with Crippen molar-refractivity contribution in [2.24, 2.45) is 5.73 Å². The quantitative estimate of drug-likeness (QED) is 0.796. The predicted octanol–water partition coefficient (Wildman–Crippen LogP) is 3.80. The minimum Gasteiger partial charge on any atom is -0.328 e. The highest BCUT2D eigenvalue weighted by molar-refractivity contribution is 6.30. The molecule has 0 amide bonds. The van der Waals surface area contributed by atoms with Gasteiger partial charge < -0.3 is 10.3 Å². The minimum absolute atomic E-state index is 0.0737. The van der Waals surface area contributed by atoms with Crippen LogP contribution in [0.2, 0.25) is 5.02 Å². The van der Waals surface area contributed by atoms with Crippen molar-refractivity contribution in [2.45, 2.75) is 19.4 Å². The zero-order valence-corrected chi connectivity index (χ0v) is 12.7. The summed E-state index contributed by atoms with van der Waals surface area (Å²) in [7, 11) is 0. The molecule has 0 fully saturated rings. The van der Waals surface area contributed by atoms with Gasteiger partial charge >= 0.3 is 0 Å². The first kappa shape index (κ1) is 14.1. The summed E-state index contributed by atoms with van der Waals surface area (Å²) in [5.74, 6) is 1.06. The van der Waals surface area contributed by atoms with Crippen LogP contribution in [0, 0.1) is 0 Å². The summed E-state index contributed by atoms with van der Waals surface area (Å²) in [6.45, 7) is 2.64. The third-order valence-corrected chi connectivity index (χ3v) is 4.03. The van der Waals surface area contributed by atoms with Crippen molar-refractivity contribution in [2.75, 3.05) is 6.54 Å². The number of para-hydroxylation sites is 2. The molecule has 0 bridgehead atoms. The molecule has 1 unspecified atom stereocenters. The molecule has 4 heteroatoms. The summed E-state index contributed by atoms with van der Waals surface area (Å²) < 4.78 is 2.25. The minimum atomic E-state index is 0.0737. The van der Waals surface area contributed by atoms with Gasteiger partial charge in [0, 0.05) is 18.0 Å². The lowest BCUT2D eigenvalue weighted by Crippen LogP contribution is -2.22. The summed E-state index contributed by atoms with van der Waals surface area (Å²) in [6, 6.07) is 16.1. The van der Waals surface area contributed by atoms with Crippen molar-refractivity contribution in [1.82, 2.24) is 9.55 Å². The van der Waals surface area contributed by atoms with Crippen molar-refractivity contribution in [3.05, 3.63) is 64.9 Å². The molecule has 2 N–H and O–H groups in total. The third kappa shape index (κ3) is 2.55. The van der Waals surface area contributed by atoms with Crippen LogP contribution >= 0.6 is 11.6 Å². The average Bonchev–Trinajstić information content (AvgIpc) is 2.89. The Morgan fingerprint density at radius 1 is 1.14 bits per heavy atom. The number of aryl methyl sites for hydroxylation is 1. The Hall–Kier alpha value is -1.84. The highest BCUT2D eigenvalue weighted by Gasteiger charge is 2.18. The SMILES string of the molecule is CCc1nc2ccccc2n1C(CN)c1ccc(Cl)cc1. The first-order chi connectivity index (χ1) is 10.2. The van der Waals surface area contributed by atoms with Crippen LogP contribution in [0.15, 0.2) is 48.5 Å². The molecule has 3 nitrogen and oxygen atoms in total. The molecule has 0 spiro atoms. The first-order valence-corrected chi connectivity index (χ1v) is 7.53. The summed E-state index contributed by atoms with van der Waals surface area (Å²) in [5, 5.41) is 0.737. The predicted molar refractivity (Wildman–Crippen MR) is 87.8 cm³/mol. The van der Waals surface area contributed by atoms with Crippen LogP contribution in [0.5, 0.6) is 0 Å². The molecule has 1 heterocycles. The molecule has 108 valence electrons.